The predicted octanol–water partition coefficient (Wildman–Crippen LogP) is 3.04. The van der Waals surface area contributed by atoms with Gasteiger partial charge in [0.05, 0.1) is 16.7 Å². The standard InChI is InChI=1S/C23H30N6O2S/c1-16-8-12-27(13-9-16)10-5-11-28-22(31)18-6-3-4-7-19(18)25-23(28)32-15-21(30)29-17(2)14-20(24)26-29/h3-4,6-7,14,16H,5,8-13,15H2,1-2H3,(H2,24,26). The first-order valence-electron chi connectivity index (χ1n) is 11.1. The first-order valence-corrected chi connectivity index (χ1v) is 12.1. The Morgan fingerprint density at radius 3 is 2.69 bits per heavy atom. The molecule has 1 fully saturated rings. The van der Waals surface area contributed by atoms with Crippen molar-refractivity contribution in [2.24, 2.45) is 5.92 Å². The number of likely N-dealkylation sites (tertiary alicyclic amines) is 1. The molecule has 0 atom stereocenters. The Balaban J connectivity index is 1.51. The summed E-state index contributed by atoms with van der Waals surface area (Å²) >= 11 is 1.27. The summed E-state index contributed by atoms with van der Waals surface area (Å²) in [6.45, 7) is 7.87. The van der Waals surface area contributed by atoms with Gasteiger partial charge in [-0.25, -0.2) is 9.67 Å². The summed E-state index contributed by atoms with van der Waals surface area (Å²) in [5.74, 6) is 1.04. The third-order valence-electron chi connectivity index (χ3n) is 6.03. The molecule has 4 rings (SSSR count). The number of rotatable bonds is 7. The van der Waals surface area contributed by atoms with Crippen LogP contribution in [0.2, 0.25) is 0 Å². The molecule has 1 saturated heterocycles. The van der Waals surface area contributed by atoms with Crippen LogP contribution in [0.3, 0.4) is 0 Å². The number of nitrogens with zero attached hydrogens (tertiary/aromatic N) is 5. The number of thioether (sulfide) groups is 1. The Morgan fingerprint density at radius 2 is 1.97 bits per heavy atom. The molecule has 1 aliphatic heterocycles. The molecule has 32 heavy (non-hydrogen) atoms. The minimum absolute atomic E-state index is 0.0580. The first-order chi connectivity index (χ1) is 15.4. The summed E-state index contributed by atoms with van der Waals surface area (Å²) in [4.78, 5) is 33.1. The van der Waals surface area contributed by atoms with E-state index < -0.39 is 0 Å². The number of nitrogens with two attached hydrogens (primary N) is 1. The molecule has 3 aromatic rings. The van der Waals surface area contributed by atoms with Crippen LogP contribution in [0, 0.1) is 12.8 Å². The molecule has 0 aliphatic carbocycles. The molecule has 0 spiro atoms. The summed E-state index contributed by atoms with van der Waals surface area (Å²) in [7, 11) is 0. The molecule has 3 heterocycles. The van der Waals surface area contributed by atoms with Gasteiger partial charge in [-0.15, -0.1) is 5.10 Å². The third kappa shape index (κ3) is 5.05. The van der Waals surface area contributed by atoms with Crippen molar-refractivity contribution in [3.63, 3.8) is 0 Å². The van der Waals surface area contributed by atoms with Crippen molar-refractivity contribution in [2.45, 2.75) is 44.8 Å². The van der Waals surface area contributed by atoms with Crippen LogP contribution in [0.5, 0.6) is 0 Å². The van der Waals surface area contributed by atoms with Gasteiger partial charge in [-0.3, -0.25) is 14.2 Å². The van der Waals surface area contributed by atoms with Crippen LogP contribution in [0.15, 0.2) is 40.3 Å². The van der Waals surface area contributed by atoms with Gasteiger partial charge in [0.1, 0.15) is 5.82 Å². The van der Waals surface area contributed by atoms with E-state index in [1.165, 1.54) is 29.3 Å². The zero-order valence-corrected chi connectivity index (χ0v) is 19.5. The molecule has 8 nitrogen and oxygen atoms in total. The van der Waals surface area contributed by atoms with Crippen molar-refractivity contribution in [3.05, 3.63) is 46.4 Å². The lowest BCUT2D eigenvalue weighted by molar-refractivity contribution is 0.0924. The van der Waals surface area contributed by atoms with E-state index in [0.29, 0.717) is 34.1 Å². The number of carbonyl (C=O) groups excluding carboxylic acids is 1. The van der Waals surface area contributed by atoms with Gasteiger partial charge in [0.15, 0.2) is 5.16 Å². The maximum Gasteiger partial charge on any atom is 0.262 e. The SMILES string of the molecule is Cc1cc(N)nn1C(=O)CSc1nc2ccccc2c(=O)n1CCCN1CCC(C)CC1. The zero-order chi connectivity index (χ0) is 22.7. The summed E-state index contributed by atoms with van der Waals surface area (Å²) in [6, 6.07) is 9.02. The lowest BCUT2D eigenvalue weighted by Gasteiger charge is -2.30. The van der Waals surface area contributed by atoms with E-state index in [9.17, 15) is 9.59 Å². The van der Waals surface area contributed by atoms with Crippen LogP contribution < -0.4 is 11.3 Å². The van der Waals surface area contributed by atoms with E-state index in [1.807, 2.05) is 24.3 Å². The van der Waals surface area contributed by atoms with Crippen LogP contribution in [-0.2, 0) is 6.54 Å². The van der Waals surface area contributed by atoms with E-state index in [2.05, 4.69) is 16.9 Å². The molecule has 2 aromatic heterocycles. The summed E-state index contributed by atoms with van der Waals surface area (Å²) in [5, 5.41) is 5.22. The number of piperidine rings is 1. The second kappa shape index (κ2) is 9.87. The van der Waals surface area contributed by atoms with Crippen molar-refractivity contribution in [1.29, 1.82) is 0 Å². The lowest BCUT2D eigenvalue weighted by atomic mass is 9.99. The number of anilines is 1. The molecule has 2 N–H and O–H groups in total. The van der Waals surface area contributed by atoms with Crippen LogP contribution in [-0.4, -0.2) is 55.5 Å². The first kappa shape index (κ1) is 22.5. The van der Waals surface area contributed by atoms with Crippen LogP contribution in [0.1, 0.15) is 36.7 Å². The summed E-state index contributed by atoms with van der Waals surface area (Å²) in [6.07, 6.45) is 3.33. The van der Waals surface area contributed by atoms with Crippen LogP contribution in [0.4, 0.5) is 5.82 Å². The third-order valence-corrected chi connectivity index (χ3v) is 6.99. The second-order valence-electron chi connectivity index (χ2n) is 8.55. The number of benzene rings is 1. The van der Waals surface area contributed by atoms with E-state index in [1.54, 1.807) is 17.6 Å². The fourth-order valence-electron chi connectivity index (χ4n) is 4.13. The molecule has 0 saturated carbocycles. The normalized spacial score (nSPS) is 15.4. The van der Waals surface area contributed by atoms with Crippen molar-refractivity contribution >= 4 is 34.4 Å². The van der Waals surface area contributed by atoms with Gasteiger partial charge in [0, 0.05) is 18.3 Å². The fraction of sp³-hybridized carbons (Fsp3) is 0.478. The van der Waals surface area contributed by atoms with Crippen molar-refractivity contribution in [1.82, 2.24) is 24.2 Å². The number of aromatic nitrogens is 4. The number of aryl methyl sites for hydroxylation is 1. The van der Waals surface area contributed by atoms with Crippen LogP contribution >= 0.6 is 11.8 Å². The molecule has 1 aromatic carbocycles. The molecule has 0 unspecified atom stereocenters. The van der Waals surface area contributed by atoms with E-state index in [-0.39, 0.29) is 17.2 Å². The highest BCUT2D eigenvalue weighted by molar-refractivity contribution is 7.99. The predicted molar refractivity (Wildman–Crippen MR) is 128 cm³/mol. The quantitative estimate of drug-likeness (QED) is 0.433. The van der Waals surface area contributed by atoms with Gasteiger partial charge in [0.25, 0.3) is 11.5 Å². The van der Waals surface area contributed by atoms with Gasteiger partial charge >= 0.3 is 0 Å². The Labute approximate surface area is 191 Å². The van der Waals surface area contributed by atoms with E-state index in [0.717, 1.165) is 32.0 Å². The average molecular weight is 455 g/mol. The van der Waals surface area contributed by atoms with Gasteiger partial charge in [0.2, 0.25) is 0 Å². The maximum absolute atomic E-state index is 13.2. The highest BCUT2D eigenvalue weighted by Crippen LogP contribution is 2.20. The van der Waals surface area contributed by atoms with Gasteiger partial charge in [-0.2, -0.15) is 0 Å². The van der Waals surface area contributed by atoms with E-state index >= 15 is 0 Å². The number of carbonyl (C=O) groups is 1. The van der Waals surface area contributed by atoms with Crippen molar-refractivity contribution < 1.29 is 4.79 Å². The highest BCUT2D eigenvalue weighted by atomic mass is 32.2. The molecule has 1 aliphatic rings. The fourth-order valence-corrected chi connectivity index (χ4v) is 5.00. The minimum Gasteiger partial charge on any atom is -0.382 e. The molecular formula is C23H30N6O2S. The second-order valence-corrected chi connectivity index (χ2v) is 9.49. The topological polar surface area (TPSA) is 99.0 Å². The van der Waals surface area contributed by atoms with Gasteiger partial charge in [-0.05, 0) is 63.9 Å². The van der Waals surface area contributed by atoms with Crippen LogP contribution in [0.25, 0.3) is 10.9 Å². The number of hydrogen-bond acceptors (Lipinski definition) is 7. The van der Waals surface area contributed by atoms with E-state index in [4.69, 9.17) is 10.7 Å². The smallest absolute Gasteiger partial charge is 0.262 e. The summed E-state index contributed by atoms with van der Waals surface area (Å²) in [5.41, 5.74) is 6.98. The number of para-hydroxylation sites is 1. The highest BCUT2D eigenvalue weighted by Gasteiger charge is 2.18. The Hall–Kier alpha value is -2.65. The van der Waals surface area contributed by atoms with Crippen molar-refractivity contribution in [2.75, 3.05) is 31.1 Å². The number of nitrogen functional groups attached to an aromatic ring is 1. The monoisotopic (exact) mass is 454 g/mol. The lowest BCUT2D eigenvalue weighted by Crippen LogP contribution is -2.34. The molecular weight excluding hydrogens is 424 g/mol. The molecule has 0 amide bonds. The number of fused-ring (bicyclic) bond motifs is 1. The maximum atomic E-state index is 13.2. The van der Waals surface area contributed by atoms with Gasteiger partial charge < -0.3 is 10.6 Å². The Morgan fingerprint density at radius 1 is 1.22 bits per heavy atom. The molecule has 170 valence electrons. The number of hydrogen-bond donors (Lipinski definition) is 1. The average Bonchev–Trinajstić information content (AvgIpc) is 3.13. The van der Waals surface area contributed by atoms with Crippen molar-refractivity contribution in [3.8, 4) is 0 Å². The molecule has 9 heteroatoms. The summed E-state index contributed by atoms with van der Waals surface area (Å²) < 4.78 is 3.03. The molecule has 0 bridgehead atoms. The zero-order valence-electron chi connectivity index (χ0n) is 18.7. The Bertz CT molecular complexity index is 1160. The Kier molecular flexibility index (Phi) is 6.95. The minimum atomic E-state index is -0.194. The molecule has 0 radical (unpaired) electrons. The largest absolute Gasteiger partial charge is 0.382 e. The van der Waals surface area contributed by atoms with Gasteiger partial charge in [-0.1, -0.05) is 30.8 Å².